The van der Waals surface area contributed by atoms with Gasteiger partial charge in [-0.1, -0.05) is 17.7 Å². The zero-order valence-corrected chi connectivity index (χ0v) is 15.7. The summed E-state index contributed by atoms with van der Waals surface area (Å²) in [5.74, 6) is -2.59. The minimum atomic E-state index is -1.22. The fourth-order valence-electron chi connectivity index (χ4n) is 3.16. The molecule has 0 unspecified atom stereocenters. The lowest BCUT2D eigenvalue weighted by molar-refractivity contribution is -0.153. The van der Waals surface area contributed by atoms with Gasteiger partial charge in [0.2, 0.25) is 5.91 Å². The number of carboxylic acids is 1. The molecule has 7 nitrogen and oxygen atoms in total. The van der Waals surface area contributed by atoms with Crippen LogP contribution in [0.2, 0.25) is 5.02 Å². The van der Waals surface area contributed by atoms with E-state index in [4.69, 9.17) is 21.4 Å². The van der Waals surface area contributed by atoms with Crippen molar-refractivity contribution in [3.63, 3.8) is 0 Å². The van der Waals surface area contributed by atoms with Crippen LogP contribution < -0.4 is 5.32 Å². The molecule has 1 heterocycles. The maximum atomic E-state index is 13.9. The monoisotopic (exact) mass is 400 g/mol. The van der Waals surface area contributed by atoms with Crippen molar-refractivity contribution in [2.75, 3.05) is 26.7 Å². The number of nitrogens with one attached hydrogen (secondary N) is 1. The Hall–Kier alpha value is -2.19. The van der Waals surface area contributed by atoms with Gasteiger partial charge < -0.3 is 20.1 Å². The van der Waals surface area contributed by atoms with Gasteiger partial charge in [-0.15, -0.1) is 0 Å². The summed E-state index contributed by atoms with van der Waals surface area (Å²) in [6, 6.07) is 4.15. The van der Waals surface area contributed by atoms with E-state index in [1.54, 1.807) is 0 Å². The van der Waals surface area contributed by atoms with Crippen LogP contribution in [0, 0.1) is 5.82 Å². The molecule has 2 N–H and O–H groups in total. The second kappa shape index (κ2) is 9.14. The van der Waals surface area contributed by atoms with Crippen molar-refractivity contribution in [2.45, 2.75) is 31.2 Å². The summed E-state index contributed by atoms with van der Waals surface area (Å²) >= 11 is 5.95. The fraction of sp³-hybridized carbons (Fsp3) is 0.500. The largest absolute Gasteiger partial charge is 0.481 e. The van der Waals surface area contributed by atoms with Crippen molar-refractivity contribution in [2.24, 2.45) is 0 Å². The molecule has 0 saturated carbocycles. The molecule has 0 radical (unpaired) electrons. The number of piperidine rings is 1. The fourth-order valence-corrected chi connectivity index (χ4v) is 3.39. The quantitative estimate of drug-likeness (QED) is 0.675. The molecule has 0 spiro atoms. The number of carbonyl (C=O) groups excluding carboxylic acids is 2. The van der Waals surface area contributed by atoms with Gasteiger partial charge in [0.05, 0.1) is 20.0 Å². The van der Waals surface area contributed by atoms with E-state index in [1.165, 1.54) is 25.3 Å². The molecule has 1 aromatic carbocycles. The van der Waals surface area contributed by atoms with Crippen molar-refractivity contribution in [3.05, 3.63) is 34.6 Å². The minimum Gasteiger partial charge on any atom is -0.481 e. The molecule has 1 saturated heterocycles. The standard InChI is InChI=1S/C18H22ClFN2O5/c1-27-17(26)18(6-9-22(10-7-18)8-5-16(24)25)21-15(23)11-12-13(19)3-2-4-14(12)20/h2-4H,5-11H2,1H3,(H,21,23)(H,24,25). The molecule has 27 heavy (non-hydrogen) atoms. The van der Waals surface area contributed by atoms with E-state index in [0.717, 1.165) is 0 Å². The first-order chi connectivity index (χ1) is 12.8. The number of hydrogen-bond acceptors (Lipinski definition) is 5. The molecule has 1 amide bonds. The molecule has 2 rings (SSSR count). The Kier molecular flexibility index (Phi) is 7.15. The van der Waals surface area contributed by atoms with Gasteiger partial charge in [-0.05, 0) is 25.0 Å². The SMILES string of the molecule is COC(=O)C1(NC(=O)Cc2c(F)cccc2Cl)CCN(CCC(=O)O)CC1. The number of methoxy groups -OCH3 is 1. The predicted octanol–water partition coefficient (Wildman–Crippen LogP) is 1.62. The van der Waals surface area contributed by atoms with E-state index < -0.39 is 29.2 Å². The number of ether oxygens (including phenoxy) is 1. The zero-order chi connectivity index (χ0) is 20.0. The zero-order valence-electron chi connectivity index (χ0n) is 15.0. The number of carboxylic acid groups (broad SMARTS) is 1. The van der Waals surface area contributed by atoms with E-state index >= 15 is 0 Å². The van der Waals surface area contributed by atoms with Crippen LogP contribution >= 0.6 is 11.6 Å². The molecule has 1 fully saturated rings. The molecule has 0 aromatic heterocycles. The molecule has 1 aliphatic rings. The van der Waals surface area contributed by atoms with E-state index in [9.17, 15) is 18.8 Å². The van der Waals surface area contributed by atoms with Crippen LogP contribution in [0.3, 0.4) is 0 Å². The highest BCUT2D eigenvalue weighted by Crippen LogP contribution is 2.25. The van der Waals surface area contributed by atoms with Gasteiger partial charge in [-0.2, -0.15) is 0 Å². The molecule has 0 aliphatic carbocycles. The number of esters is 1. The second-order valence-electron chi connectivity index (χ2n) is 6.48. The van der Waals surface area contributed by atoms with E-state index in [1.807, 2.05) is 4.90 Å². The van der Waals surface area contributed by atoms with Gasteiger partial charge in [0.1, 0.15) is 11.4 Å². The van der Waals surface area contributed by atoms with Gasteiger partial charge >= 0.3 is 11.9 Å². The number of benzene rings is 1. The summed E-state index contributed by atoms with van der Waals surface area (Å²) < 4.78 is 18.8. The Balaban J connectivity index is 2.06. The number of aliphatic carboxylic acids is 1. The molecule has 9 heteroatoms. The molecule has 0 bridgehead atoms. The van der Waals surface area contributed by atoms with Crippen LogP contribution in [-0.4, -0.2) is 60.1 Å². The van der Waals surface area contributed by atoms with Crippen LogP contribution in [0.5, 0.6) is 0 Å². The second-order valence-corrected chi connectivity index (χ2v) is 6.89. The number of likely N-dealkylation sites (tertiary alicyclic amines) is 1. The number of rotatable bonds is 7. The summed E-state index contributed by atoms with van der Waals surface area (Å²) in [5, 5.41) is 11.6. The Morgan fingerprint density at radius 1 is 1.33 bits per heavy atom. The topological polar surface area (TPSA) is 95.9 Å². The number of amides is 1. The lowest BCUT2D eigenvalue weighted by Gasteiger charge is -2.40. The van der Waals surface area contributed by atoms with Gasteiger partial charge in [-0.25, -0.2) is 9.18 Å². The summed E-state index contributed by atoms with van der Waals surface area (Å²) in [6.45, 7) is 1.23. The molecular weight excluding hydrogens is 379 g/mol. The van der Waals surface area contributed by atoms with Gasteiger partial charge in [0, 0.05) is 30.2 Å². The van der Waals surface area contributed by atoms with Crippen molar-refractivity contribution in [3.8, 4) is 0 Å². The number of hydrogen-bond donors (Lipinski definition) is 2. The predicted molar refractivity (Wildman–Crippen MR) is 95.9 cm³/mol. The van der Waals surface area contributed by atoms with Crippen molar-refractivity contribution >= 4 is 29.4 Å². The average molecular weight is 401 g/mol. The molecule has 1 aromatic rings. The van der Waals surface area contributed by atoms with Crippen LogP contribution in [0.15, 0.2) is 18.2 Å². The lowest BCUT2D eigenvalue weighted by atomic mass is 9.87. The third kappa shape index (κ3) is 5.40. The van der Waals surface area contributed by atoms with Crippen molar-refractivity contribution in [1.82, 2.24) is 10.2 Å². The van der Waals surface area contributed by atoms with E-state index in [2.05, 4.69) is 5.32 Å². The molecule has 148 valence electrons. The first kappa shape index (κ1) is 21.1. The number of carbonyl (C=O) groups is 3. The van der Waals surface area contributed by atoms with Crippen LogP contribution in [-0.2, 0) is 25.5 Å². The first-order valence-corrected chi connectivity index (χ1v) is 8.91. The van der Waals surface area contributed by atoms with Crippen LogP contribution in [0.25, 0.3) is 0 Å². The smallest absolute Gasteiger partial charge is 0.331 e. The minimum absolute atomic E-state index is 0.00334. The third-order valence-electron chi connectivity index (χ3n) is 4.71. The highest BCUT2D eigenvalue weighted by molar-refractivity contribution is 6.31. The summed E-state index contributed by atoms with van der Waals surface area (Å²) in [4.78, 5) is 37.4. The van der Waals surface area contributed by atoms with Gasteiger partial charge in [0.15, 0.2) is 0 Å². The Labute approximate surface area is 161 Å². The number of nitrogens with zero attached hydrogens (tertiary/aromatic N) is 1. The molecular formula is C18H22ClFN2O5. The van der Waals surface area contributed by atoms with Gasteiger partial charge in [-0.3, -0.25) is 9.59 Å². The normalized spacial score (nSPS) is 16.6. The maximum absolute atomic E-state index is 13.9. The van der Waals surface area contributed by atoms with Crippen LogP contribution in [0.4, 0.5) is 4.39 Å². The van der Waals surface area contributed by atoms with Gasteiger partial charge in [0.25, 0.3) is 0 Å². The third-order valence-corrected chi connectivity index (χ3v) is 5.06. The Morgan fingerprint density at radius 3 is 2.56 bits per heavy atom. The number of halogens is 2. The highest BCUT2D eigenvalue weighted by atomic mass is 35.5. The highest BCUT2D eigenvalue weighted by Gasteiger charge is 2.43. The summed E-state index contributed by atoms with van der Waals surface area (Å²) in [6.07, 6.45) is 0.252. The molecule has 0 atom stereocenters. The first-order valence-electron chi connectivity index (χ1n) is 8.54. The van der Waals surface area contributed by atoms with E-state index in [-0.39, 0.29) is 36.3 Å². The van der Waals surface area contributed by atoms with Crippen molar-refractivity contribution in [1.29, 1.82) is 0 Å². The maximum Gasteiger partial charge on any atom is 0.331 e. The summed E-state index contributed by atoms with van der Waals surface area (Å²) in [5.41, 5.74) is -1.15. The van der Waals surface area contributed by atoms with E-state index in [0.29, 0.717) is 19.6 Å². The Bertz CT molecular complexity index is 699. The Morgan fingerprint density at radius 2 is 2.00 bits per heavy atom. The lowest BCUT2D eigenvalue weighted by Crippen LogP contribution is -2.60. The summed E-state index contributed by atoms with van der Waals surface area (Å²) in [7, 11) is 1.24. The van der Waals surface area contributed by atoms with Crippen molar-refractivity contribution < 1.29 is 28.6 Å². The molecule has 1 aliphatic heterocycles. The van der Waals surface area contributed by atoms with Crippen LogP contribution in [0.1, 0.15) is 24.8 Å². The average Bonchev–Trinajstić information content (AvgIpc) is 2.63.